The van der Waals surface area contributed by atoms with Crippen LogP contribution < -0.4 is 11.1 Å². The van der Waals surface area contributed by atoms with E-state index in [-0.39, 0.29) is 11.9 Å². The molecule has 0 saturated carbocycles. The first kappa shape index (κ1) is 15.0. The predicted molar refractivity (Wildman–Crippen MR) is 82.3 cm³/mol. The van der Waals surface area contributed by atoms with Crippen LogP contribution in [0, 0.1) is 0 Å². The maximum absolute atomic E-state index is 11.9. The summed E-state index contributed by atoms with van der Waals surface area (Å²) in [5.41, 5.74) is 6.91. The first-order chi connectivity index (χ1) is 8.54. The number of hydrogen-bond donors (Lipinski definition) is 2. The molecule has 18 heavy (non-hydrogen) atoms. The van der Waals surface area contributed by atoms with Crippen molar-refractivity contribution in [2.75, 3.05) is 11.5 Å². The molecule has 0 aromatic heterocycles. The number of rotatable bonds is 6. The highest BCUT2D eigenvalue weighted by Gasteiger charge is 2.09. The maximum atomic E-state index is 11.9. The quantitative estimate of drug-likeness (QED) is 0.785. The average Bonchev–Trinajstić information content (AvgIpc) is 2.36. The zero-order chi connectivity index (χ0) is 13.5. The second-order valence-electron chi connectivity index (χ2n) is 3.98. The number of hydrogen-bond acceptors (Lipinski definition) is 3. The molecule has 0 spiro atoms. The monoisotopic (exact) mass is 282 g/mol. The van der Waals surface area contributed by atoms with E-state index < -0.39 is 0 Å². The molecule has 5 heteroatoms. The molecule has 1 unspecified atom stereocenters. The van der Waals surface area contributed by atoms with Crippen LogP contribution in [0.2, 0.25) is 0 Å². The summed E-state index contributed by atoms with van der Waals surface area (Å²) in [5, 5.41) is 2.96. The van der Waals surface area contributed by atoms with E-state index in [2.05, 4.69) is 12.2 Å². The summed E-state index contributed by atoms with van der Waals surface area (Å²) in [6.45, 7) is 4.11. The molecule has 1 rings (SSSR count). The summed E-state index contributed by atoms with van der Waals surface area (Å²) in [4.78, 5) is 12.3. The fourth-order valence-electron chi connectivity index (χ4n) is 1.43. The van der Waals surface area contributed by atoms with Gasteiger partial charge in [0.15, 0.2) is 0 Å². The van der Waals surface area contributed by atoms with Gasteiger partial charge in [-0.3, -0.25) is 4.79 Å². The lowest BCUT2D eigenvalue weighted by molar-refractivity contribution is 0.0944. The third-order valence-corrected chi connectivity index (χ3v) is 3.76. The summed E-state index contributed by atoms with van der Waals surface area (Å²) >= 11 is 6.67. The summed E-state index contributed by atoms with van der Waals surface area (Å²) in [7, 11) is 0. The molecule has 3 nitrogen and oxygen atoms in total. The molecule has 3 N–H and O–H groups in total. The van der Waals surface area contributed by atoms with Crippen LogP contribution >= 0.6 is 24.0 Å². The van der Waals surface area contributed by atoms with E-state index in [4.69, 9.17) is 18.0 Å². The number of nitrogens with one attached hydrogen (secondary N) is 1. The van der Waals surface area contributed by atoms with Gasteiger partial charge in [0.2, 0.25) is 0 Å². The Labute approximate surface area is 118 Å². The van der Waals surface area contributed by atoms with Crippen LogP contribution in [0.25, 0.3) is 0 Å². The molecule has 0 saturated heterocycles. The van der Waals surface area contributed by atoms with E-state index >= 15 is 0 Å². The zero-order valence-corrected chi connectivity index (χ0v) is 12.2. The molecule has 0 aliphatic rings. The zero-order valence-electron chi connectivity index (χ0n) is 10.6. The smallest absolute Gasteiger partial charge is 0.251 e. The van der Waals surface area contributed by atoms with Gasteiger partial charge in [-0.2, -0.15) is 11.8 Å². The molecular weight excluding hydrogens is 264 g/mol. The molecule has 1 aromatic rings. The molecule has 1 atom stereocenters. The number of amides is 1. The molecule has 0 aliphatic carbocycles. The number of carbonyl (C=O) groups excluding carboxylic acids is 1. The van der Waals surface area contributed by atoms with Gasteiger partial charge in [-0.1, -0.05) is 31.3 Å². The van der Waals surface area contributed by atoms with Gasteiger partial charge in [0.25, 0.3) is 5.91 Å². The molecule has 0 radical (unpaired) electrons. The third kappa shape index (κ3) is 4.66. The second-order valence-corrected chi connectivity index (χ2v) is 5.73. The van der Waals surface area contributed by atoms with Gasteiger partial charge >= 0.3 is 0 Å². The molecule has 1 aromatic carbocycles. The fraction of sp³-hybridized carbons (Fsp3) is 0.385. The van der Waals surface area contributed by atoms with Crippen molar-refractivity contribution in [3.63, 3.8) is 0 Å². The maximum Gasteiger partial charge on any atom is 0.251 e. The van der Waals surface area contributed by atoms with Gasteiger partial charge < -0.3 is 11.1 Å². The van der Waals surface area contributed by atoms with Crippen molar-refractivity contribution in [1.29, 1.82) is 0 Å². The molecule has 0 aliphatic heterocycles. The molecular formula is C13H18N2OS2. The summed E-state index contributed by atoms with van der Waals surface area (Å²) in [6, 6.07) is 7.18. The SMILES string of the molecule is CCSCC(C)NC(=O)c1ccc(C(N)=S)cc1. The topological polar surface area (TPSA) is 55.1 Å². The minimum Gasteiger partial charge on any atom is -0.389 e. The van der Waals surface area contributed by atoms with Gasteiger partial charge in [0.1, 0.15) is 4.99 Å². The van der Waals surface area contributed by atoms with E-state index in [1.807, 2.05) is 18.7 Å². The van der Waals surface area contributed by atoms with Crippen molar-refractivity contribution in [1.82, 2.24) is 5.32 Å². The summed E-state index contributed by atoms with van der Waals surface area (Å²) in [6.07, 6.45) is 0. The Kier molecular flexibility index (Phi) is 6.15. The largest absolute Gasteiger partial charge is 0.389 e. The van der Waals surface area contributed by atoms with Crippen LogP contribution in [-0.4, -0.2) is 28.4 Å². The van der Waals surface area contributed by atoms with Crippen molar-refractivity contribution >= 4 is 34.9 Å². The predicted octanol–water partition coefficient (Wildman–Crippen LogP) is 2.19. The second kappa shape index (κ2) is 7.38. The Morgan fingerprint density at radius 2 is 1.94 bits per heavy atom. The normalized spacial score (nSPS) is 11.9. The lowest BCUT2D eigenvalue weighted by atomic mass is 10.1. The van der Waals surface area contributed by atoms with Crippen LogP contribution in [0.1, 0.15) is 29.8 Å². The first-order valence-corrected chi connectivity index (χ1v) is 7.39. The first-order valence-electron chi connectivity index (χ1n) is 5.83. The summed E-state index contributed by atoms with van der Waals surface area (Å²) < 4.78 is 0. The fourth-order valence-corrected chi connectivity index (χ4v) is 2.24. The van der Waals surface area contributed by atoms with Gasteiger partial charge in [-0.05, 0) is 24.8 Å². The van der Waals surface area contributed by atoms with Gasteiger partial charge in [-0.15, -0.1) is 0 Å². The number of thioether (sulfide) groups is 1. The Morgan fingerprint density at radius 1 is 1.39 bits per heavy atom. The van der Waals surface area contributed by atoms with Crippen molar-refractivity contribution < 1.29 is 4.79 Å². The molecule has 0 bridgehead atoms. The van der Waals surface area contributed by atoms with Crippen LogP contribution in [-0.2, 0) is 0 Å². The van der Waals surface area contributed by atoms with Crippen molar-refractivity contribution in [3.8, 4) is 0 Å². The number of thiocarbonyl (C=S) groups is 1. The number of nitrogens with two attached hydrogens (primary N) is 1. The highest BCUT2D eigenvalue weighted by atomic mass is 32.2. The Bertz CT molecular complexity index is 418. The van der Waals surface area contributed by atoms with Crippen LogP contribution in [0.5, 0.6) is 0 Å². The van der Waals surface area contributed by atoms with Crippen LogP contribution in [0.15, 0.2) is 24.3 Å². The Hall–Kier alpha value is -1.07. The number of benzene rings is 1. The summed E-state index contributed by atoms with van der Waals surface area (Å²) in [5.74, 6) is 1.92. The van der Waals surface area contributed by atoms with E-state index in [1.165, 1.54) is 0 Å². The van der Waals surface area contributed by atoms with Crippen molar-refractivity contribution in [2.24, 2.45) is 5.73 Å². The van der Waals surface area contributed by atoms with E-state index in [1.54, 1.807) is 24.3 Å². The Balaban J connectivity index is 2.58. The lowest BCUT2D eigenvalue weighted by Crippen LogP contribution is -2.34. The number of carbonyl (C=O) groups is 1. The molecule has 0 fully saturated rings. The van der Waals surface area contributed by atoms with E-state index in [0.29, 0.717) is 10.6 Å². The van der Waals surface area contributed by atoms with E-state index in [0.717, 1.165) is 17.1 Å². The standard InChI is InChI=1S/C13H18N2OS2/c1-3-18-8-9(2)15-13(16)11-6-4-10(5-7-11)12(14)17/h4-7,9H,3,8H2,1-2H3,(H2,14,17)(H,15,16). The molecule has 98 valence electrons. The molecule has 0 heterocycles. The van der Waals surface area contributed by atoms with Crippen molar-refractivity contribution in [3.05, 3.63) is 35.4 Å². The highest BCUT2D eigenvalue weighted by molar-refractivity contribution is 7.99. The Morgan fingerprint density at radius 3 is 2.44 bits per heavy atom. The highest BCUT2D eigenvalue weighted by Crippen LogP contribution is 2.06. The lowest BCUT2D eigenvalue weighted by Gasteiger charge is -2.13. The van der Waals surface area contributed by atoms with Gasteiger partial charge in [0.05, 0.1) is 0 Å². The van der Waals surface area contributed by atoms with Gasteiger partial charge in [0, 0.05) is 22.9 Å². The molecule has 1 amide bonds. The van der Waals surface area contributed by atoms with Crippen LogP contribution in [0.3, 0.4) is 0 Å². The minimum atomic E-state index is -0.0614. The average molecular weight is 282 g/mol. The minimum absolute atomic E-state index is 0.0614. The van der Waals surface area contributed by atoms with Crippen LogP contribution in [0.4, 0.5) is 0 Å². The third-order valence-electron chi connectivity index (χ3n) is 2.38. The van der Waals surface area contributed by atoms with Gasteiger partial charge in [-0.25, -0.2) is 0 Å². The van der Waals surface area contributed by atoms with Crippen molar-refractivity contribution in [2.45, 2.75) is 19.9 Å². The van der Waals surface area contributed by atoms with E-state index in [9.17, 15) is 4.79 Å².